The van der Waals surface area contributed by atoms with Gasteiger partial charge in [0.2, 0.25) is 5.56 Å². The summed E-state index contributed by atoms with van der Waals surface area (Å²) in [6.45, 7) is 0.665. The number of aliphatic hydroxyl groups excluding tert-OH is 1. The Kier molecular flexibility index (Phi) is 3.05. The zero-order chi connectivity index (χ0) is 11.5. The Morgan fingerprint density at radius 1 is 1.56 bits per heavy atom. The van der Waals surface area contributed by atoms with Crippen LogP contribution in [0, 0.1) is 0 Å². The van der Waals surface area contributed by atoms with Crippen molar-refractivity contribution in [3.05, 3.63) is 34.2 Å². The molecule has 1 aliphatic rings. The second-order valence-electron chi connectivity index (χ2n) is 3.92. The monoisotopic (exact) mass is 222 g/mol. The first kappa shape index (κ1) is 10.9. The Morgan fingerprint density at radius 2 is 2.38 bits per heavy atom. The van der Waals surface area contributed by atoms with Crippen LogP contribution in [-0.2, 0) is 0 Å². The highest BCUT2D eigenvalue weighted by Crippen LogP contribution is 2.18. The van der Waals surface area contributed by atoms with E-state index in [1.165, 1.54) is 18.3 Å². The maximum Gasteiger partial charge on any atom is 0.255 e. The number of amides is 1. The van der Waals surface area contributed by atoms with Crippen LogP contribution in [0.4, 0.5) is 0 Å². The molecular formula is C11H14N2O3. The molecule has 1 amide bonds. The lowest BCUT2D eigenvalue weighted by molar-refractivity contribution is 0.0677. The van der Waals surface area contributed by atoms with Crippen molar-refractivity contribution in [2.45, 2.75) is 18.9 Å². The van der Waals surface area contributed by atoms with Crippen molar-refractivity contribution in [1.29, 1.82) is 0 Å². The lowest BCUT2D eigenvalue weighted by Gasteiger charge is -2.22. The highest BCUT2D eigenvalue weighted by Gasteiger charge is 2.28. The number of H-pyrrole nitrogens is 1. The van der Waals surface area contributed by atoms with E-state index in [9.17, 15) is 9.59 Å². The number of pyridine rings is 1. The van der Waals surface area contributed by atoms with Gasteiger partial charge >= 0.3 is 0 Å². The molecule has 2 N–H and O–H groups in total. The molecule has 0 spiro atoms. The molecule has 5 nitrogen and oxygen atoms in total. The molecule has 0 saturated carbocycles. The minimum Gasteiger partial charge on any atom is -0.394 e. The first-order valence-electron chi connectivity index (χ1n) is 5.33. The van der Waals surface area contributed by atoms with Gasteiger partial charge in [-0.1, -0.05) is 0 Å². The molecule has 1 aromatic heterocycles. The topological polar surface area (TPSA) is 73.4 Å². The Bertz CT molecular complexity index is 421. The molecule has 1 fully saturated rings. The normalized spacial score (nSPS) is 20.1. The van der Waals surface area contributed by atoms with Crippen molar-refractivity contribution in [2.24, 2.45) is 0 Å². The third kappa shape index (κ3) is 1.99. The van der Waals surface area contributed by atoms with Crippen molar-refractivity contribution in [3.63, 3.8) is 0 Å². The van der Waals surface area contributed by atoms with Gasteiger partial charge < -0.3 is 15.0 Å². The molecular weight excluding hydrogens is 208 g/mol. The molecule has 5 heteroatoms. The maximum atomic E-state index is 12.0. The highest BCUT2D eigenvalue weighted by atomic mass is 16.3. The summed E-state index contributed by atoms with van der Waals surface area (Å²) in [5, 5.41) is 9.12. The zero-order valence-corrected chi connectivity index (χ0v) is 8.85. The summed E-state index contributed by atoms with van der Waals surface area (Å²) in [6.07, 6.45) is 3.17. The fourth-order valence-electron chi connectivity index (χ4n) is 2.00. The first-order valence-corrected chi connectivity index (χ1v) is 5.33. The maximum absolute atomic E-state index is 12.0. The van der Waals surface area contributed by atoms with Gasteiger partial charge in [-0.15, -0.1) is 0 Å². The number of carbonyl (C=O) groups is 1. The predicted octanol–water partition coefficient (Wildman–Crippen LogP) is -0.0282. The largest absolute Gasteiger partial charge is 0.394 e. The quantitative estimate of drug-likeness (QED) is 0.738. The van der Waals surface area contributed by atoms with E-state index in [-0.39, 0.29) is 24.1 Å². The zero-order valence-electron chi connectivity index (χ0n) is 8.85. The van der Waals surface area contributed by atoms with E-state index in [1.54, 1.807) is 4.90 Å². The standard InChI is InChI=1S/C11H14N2O3/c14-7-9-2-1-5-13(9)11(16)8-3-4-10(15)12-6-8/h3-4,6,9,14H,1-2,5,7H2,(H,12,15)/t9-/m1/s1. The molecule has 1 atom stereocenters. The van der Waals surface area contributed by atoms with Crippen molar-refractivity contribution < 1.29 is 9.90 Å². The van der Waals surface area contributed by atoms with Gasteiger partial charge in [-0.3, -0.25) is 9.59 Å². The number of nitrogens with one attached hydrogen (secondary N) is 1. The number of carbonyl (C=O) groups excluding carboxylic acids is 1. The lowest BCUT2D eigenvalue weighted by atomic mass is 10.2. The smallest absolute Gasteiger partial charge is 0.255 e. The fourth-order valence-corrected chi connectivity index (χ4v) is 2.00. The second kappa shape index (κ2) is 4.49. The molecule has 0 bridgehead atoms. The molecule has 86 valence electrons. The molecule has 16 heavy (non-hydrogen) atoms. The summed E-state index contributed by atoms with van der Waals surface area (Å²) in [6, 6.07) is 2.75. The van der Waals surface area contributed by atoms with Gasteiger partial charge in [0.25, 0.3) is 5.91 Å². The van der Waals surface area contributed by atoms with E-state index in [4.69, 9.17) is 5.11 Å². The molecule has 1 saturated heterocycles. The fraction of sp³-hybridized carbons (Fsp3) is 0.455. The van der Waals surface area contributed by atoms with Crippen LogP contribution >= 0.6 is 0 Å². The molecule has 1 aromatic rings. The van der Waals surface area contributed by atoms with Crippen LogP contribution in [0.3, 0.4) is 0 Å². The number of aromatic nitrogens is 1. The van der Waals surface area contributed by atoms with Gasteiger partial charge in [-0.25, -0.2) is 0 Å². The molecule has 0 aliphatic carbocycles. The molecule has 0 aromatic carbocycles. The van der Waals surface area contributed by atoms with E-state index >= 15 is 0 Å². The van der Waals surface area contributed by atoms with Crippen LogP contribution in [0.15, 0.2) is 23.1 Å². The summed E-state index contributed by atoms with van der Waals surface area (Å²) >= 11 is 0. The van der Waals surface area contributed by atoms with Gasteiger partial charge in [0, 0.05) is 18.8 Å². The number of likely N-dealkylation sites (tertiary alicyclic amines) is 1. The Morgan fingerprint density at radius 3 is 3.00 bits per heavy atom. The predicted molar refractivity (Wildman–Crippen MR) is 58.2 cm³/mol. The number of rotatable bonds is 2. The molecule has 0 unspecified atom stereocenters. The molecule has 2 rings (SSSR count). The summed E-state index contributed by atoms with van der Waals surface area (Å²) in [4.78, 5) is 27.0. The Labute approximate surface area is 92.7 Å². The number of aliphatic hydroxyl groups is 1. The van der Waals surface area contributed by atoms with Crippen molar-refractivity contribution in [1.82, 2.24) is 9.88 Å². The van der Waals surface area contributed by atoms with Crippen molar-refractivity contribution >= 4 is 5.91 Å². The summed E-state index contributed by atoms with van der Waals surface area (Å²) in [5.41, 5.74) is 0.233. The van der Waals surface area contributed by atoms with E-state index in [0.717, 1.165) is 12.8 Å². The minimum absolute atomic E-state index is 0.00487. The van der Waals surface area contributed by atoms with Crippen LogP contribution in [0.25, 0.3) is 0 Å². The average Bonchev–Trinajstić information content (AvgIpc) is 2.77. The van der Waals surface area contributed by atoms with E-state index in [2.05, 4.69) is 4.98 Å². The summed E-state index contributed by atoms with van der Waals surface area (Å²) < 4.78 is 0. The second-order valence-corrected chi connectivity index (χ2v) is 3.92. The number of nitrogens with zero attached hydrogens (tertiary/aromatic N) is 1. The van der Waals surface area contributed by atoms with Gasteiger partial charge in [0.15, 0.2) is 0 Å². The number of hydrogen-bond donors (Lipinski definition) is 2. The molecule has 1 aliphatic heterocycles. The molecule has 2 heterocycles. The SMILES string of the molecule is O=C(c1ccc(=O)[nH]c1)N1CCC[C@@H]1CO. The third-order valence-corrected chi connectivity index (χ3v) is 2.88. The molecule has 0 radical (unpaired) electrons. The lowest BCUT2D eigenvalue weighted by Crippen LogP contribution is -2.37. The first-order chi connectivity index (χ1) is 7.72. The highest BCUT2D eigenvalue weighted by molar-refractivity contribution is 5.94. The van der Waals surface area contributed by atoms with Crippen molar-refractivity contribution in [2.75, 3.05) is 13.2 Å². The van der Waals surface area contributed by atoms with Gasteiger partial charge in [0.05, 0.1) is 18.2 Å². The van der Waals surface area contributed by atoms with E-state index < -0.39 is 0 Å². The Hall–Kier alpha value is -1.62. The van der Waals surface area contributed by atoms with Gasteiger partial charge in [-0.2, -0.15) is 0 Å². The van der Waals surface area contributed by atoms with Crippen LogP contribution < -0.4 is 5.56 Å². The average molecular weight is 222 g/mol. The number of aromatic amines is 1. The van der Waals surface area contributed by atoms with E-state index in [0.29, 0.717) is 12.1 Å². The van der Waals surface area contributed by atoms with Gasteiger partial charge in [0.1, 0.15) is 0 Å². The van der Waals surface area contributed by atoms with Crippen LogP contribution in [0.1, 0.15) is 23.2 Å². The summed E-state index contributed by atoms with van der Waals surface area (Å²) in [7, 11) is 0. The van der Waals surface area contributed by atoms with Crippen LogP contribution in [-0.4, -0.2) is 40.1 Å². The van der Waals surface area contributed by atoms with Crippen LogP contribution in [0.2, 0.25) is 0 Å². The third-order valence-electron chi connectivity index (χ3n) is 2.88. The Balaban J connectivity index is 2.18. The van der Waals surface area contributed by atoms with Gasteiger partial charge in [-0.05, 0) is 18.9 Å². The van der Waals surface area contributed by atoms with E-state index in [1.807, 2.05) is 0 Å². The minimum atomic E-state index is -0.225. The van der Waals surface area contributed by atoms with Crippen LogP contribution in [0.5, 0.6) is 0 Å². The summed E-state index contributed by atoms with van der Waals surface area (Å²) in [5.74, 6) is -0.132. The van der Waals surface area contributed by atoms with Crippen molar-refractivity contribution in [3.8, 4) is 0 Å². The number of hydrogen-bond acceptors (Lipinski definition) is 3.